The van der Waals surface area contributed by atoms with Gasteiger partial charge in [-0.25, -0.2) is 15.0 Å². The van der Waals surface area contributed by atoms with E-state index < -0.39 is 0 Å². The number of pyridine rings is 1. The summed E-state index contributed by atoms with van der Waals surface area (Å²) >= 11 is 7.39. The molecule has 0 saturated heterocycles. The molecule has 0 spiro atoms. The molecule has 0 radical (unpaired) electrons. The van der Waals surface area contributed by atoms with Crippen molar-refractivity contribution in [2.45, 2.75) is 10.8 Å². The molecule has 0 saturated carbocycles. The molecule has 3 aromatic heterocycles. The molecule has 0 aliphatic heterocycles. The largest absolute Gasteiger partial charge is 0.372 e. The number of nitrogens with one attached hydrogen (secondary N) is 1. The summed E-state index contributed by atoms with van der Waals surface area (Å²) < 4.78 is 1.74. The van der Waals surface area contributed by atoms with E-state index in [4.69, 9.17) is 11.6 Å². The molecule has 0 unspecified atom stereocenters. The van der Waals surface area contributed by atoms with Gasteiger partial charge in [-0.1, -0.05) is 23.4 Å². The second-order valence-electron chi connectivity index (χ2n) is 4.35. The maximum atomic E-state index is 5.82. The Balaban J connectivity index is 1.86. The number of rotatable bonds is 4. The average Bonchev–Trinajstić information content (AvgIpc) is 2.87. The van der Waals surface area contributed by atoms with E-state index in [1.54, 1.807) is 28.8 Å². The van der Waals surface area contributed by atoms with Crippen LogP contribution in [-0.4, -0.2) is 31.8 Å². The van der Waals surface area contributed by atoms with Gasteiger partial charge in [0.1, 0.15) is 11.6 Å². The van der Waals surface area contributed by atoms with Crippen molar-refractivity contribution in [3.05, 3.63) is 35.4 Å². The molecule has 0 aromatic carbocycles. The van der Waals surface area contributed by atoms with E-state index in [2.05, 4.69) is 25.4 Å². The number of fused-ring (bicyclic) bond motifs is 1. The van der Waals surface area contributed by atoms with Crippen LogP contribution < -0.4 is 5.32 Å². The number of thioether (sulfide) groups is 1. The fourth-order valence-electron chi connectivity index (χ4n) is 1.91. The first-order valence-electron chi connectivity index (χ1n) is 6.28. The Labute approximate surface area is 131 Å². The molecule has 3 rings (SSSR count). The van der Waals surface area contributed by atoms with Crippen LogP contribution in [0.15, 0.2) is 29.6 Å². The second kappa shape index (κ2) is 5.87. The fraction of sp³-hybridized carbons (Fsp3) is 0.231. The maximum absolute atomic E-state index is 5.82. The van der Waals surface area contributed by atoms with Gasteiger partial charge in [-0.2, -0.15) is 5.10 Å². The summed E-state index contributed by atoms with van der Waals surface area (Å²) in [5, 5.41) is 9.73. The fourth-order valence-corrected chi connectivity index (χ4v) is 2.72. The number of anilines is 1. The molecule has 8 heteroatoms. The van der Waals surface area contributed by atoms with E-state index >= 15 is 0 Å². The van der Waals surface area contributed by atoms with Crippen molar-refractivity contribution in [1.82, 2.24) is 24.7 Å². The Morgan fingerprint density at radius 3 is 2.86 bits per heavy atom. The summed E-state index contributed by atoms with van der Waals surface area (Å²) in [6.45, 7) is 0. The van der Waals surface area contributed by atoms with E-state index in [0.717, 1.165) is 27.7 Å². The van der Waals surface area contributed by atoms with Gasteiger partial charge in [0, 0.05) is 20.3 Å². The SMILES string of the molecule is CNc1nc(CSc2ccc(Cl)cn2)nc2c1cnn2C. The van der Waals surface area contributed by atoms with E-state index in [1.807, 2.05) is 26.2 Å². The third-order valence-electron chi connectivity index (χ3n) is 2.92. The minimum atomic E-state index is 0.629. The molecular formula is C13H13ClN6S. The monoisotopic (exact) mass is 320 g/mol. The number of aryl methyl sites for hydroxylation is 1. The van der Waals surface area contributed by atoms with Gasteiger partial charge in [-0.3, -0.25) is 4.68 Å². The van der Waals surface area contributed by atoms with Gasteiger partial charge >= 0.3 is 0 Å². The van der Waals surface area contributed by atoms with Crippen LogP contribution in [0.1, 0.15) is 5.82 Å². The maximum Gasteiger partial charge on any atom is 0.163 e. The van der Waals surface area contributed by atoms with Crippen LogP contribution in [0.25, 0.3) is 11.0 Å². The van der Waals surface area contributed by atoms with Crippen molar-refractivity contribution in [3.63, 3.8) is 0 Å². The van der Waals surface area contributed by atoms with E-state index in [0.29, 0.717) is 10.8 Å². The van der Waals surface area contributed by atoms with Crippen molar-refractivity contribution in [2.75, 3.05) is 12.4 Å². The van der Waals surface area contributed by atoms with Crippen LogP contribution in [-0.2, 0) is 12.8 Å². The lowest BCUT2D eigenvalue weighted by atomic mass is 10.4. The number of hydrogen-bond donors (Lipinski definition) is 1. The molecule has 3 aromatic rings. The molecule has 0 aliphatic carbocycles. The van der Waals surface area contributed by atoms with Crippen molar-refractivity contribution < 1.29 is 0 Å². The molecule has 0 bridgehead atoms. The summed E-state index contributed by atoms with van der Waals surface area (Å²) in [6, 6.07) is 3.70. The molecule has 0 aliphatic rings. The zero-order valence-corrected chi connectivity index (χ0v) is 13.1. The van der Waals surface area contributed by atoms with Crippen LogP contribution in [0.4, 0.5) is 5.82 Å². The number of nitrogens with zero attached hydrogens (tertiary/aromatic N) is 5. The van der Waals surface area contributed by atoms with E-state index in [1.165, 1.54) is 0 Å². The Morgan fingerprint density at radius 1 is 1.29 bits per heavy atom. The molecule has 0 amide bonds. The lowest BCUT2D eigenvalue weighted by molar-refractivity contribution is 0.782. The Morgan fingerprint density at radius 2 is 2.14 bits per heavy atom. The number of aromatic nitrogens is 5. The highest BCUT2D eigenvalue weighted by Crippen LogP contribution is 2.24. The second-order valence-corrected chi connectivity index (χ2v) is 5.78. The van der Waals surface area contributed by atoms with Gasteiger partial charge < -0.3 is 5.32 Å². The first kappa shape index (κ1) is 14.1. The zero-order valence-electron chi connectivity index (χ0n) is 11.5. The standard InChI is InChI=1S/C13H13ClN6S/c1-15-12-9-6-17-20(2)13(9)19-10(18-12)7-21-11-4-3-8(14)5-16-11/h3-6H,7H2,1-2H3,(H,15,18,19). The molecular weight excluding hydrogens is 308 g/mol. The summed E-state index contributed by atoms with van der Waals surface area (Å²) in [7, 11) is 3.71. The van der Waals surface area contributed by atoms with Crippen molar-refractivity contribution in [1.29, 1.82) is 0 Å². The van der Waals surface area contributed by atoms with Gasteiger partial charge in [0.25, 0.3) is 0 Å². The lowest BCUT2D eigenvalue weighted by Gasteiger charge is -2.05. The normalized spacial score (nSPS) is 11.0. The van der Waals surface area contributed by atoms with Crippen LogP contribution in [0.2, 0.25) is 5.02 Å². The Hall–Kier alpha value is -1.86. The number of hydrogen-bond acceptors (Lipinski definition) is 6. The van der Waals surface area contributed by atoms with Gasteiger partial charge in [-0.15, -0.1) is 0 Å². The lowest BCUT2D eigenvalue weighted by Crippen LogP contribution is -2.02. The Kier molecular flexibility index (Phi) is 3.94. The van der Waals surface area contributed by atoms with Crippen molar-refractivity contribution in [3.8, 4) is 0 Å². The van der Waals surface area contributed by atoms with Gasteiger partial charge in [-0.05, 0) is 12.1 Å². The van der Waals surface area contributed by atoms with Crippen LogP contribution in [0.3, 0.4) is 0 Å². The average molecular weight is 321 g/mol. The summed E-state index contributed by atoms with van der Waals surface area (Å²) in [5.41, 5.74) is 0.814. The molecule has 3 heterocycles. The highest BCUT2D eigenvalue weighted by Gasteiger charge is 2.11. The first-order valence-corrected chi connectivity index (χ1v) is 7.64. The van der Waals surface area contributed by atoms with Gasteiger partial charge in [0.2, 0.25) is 0 Å². The third kappa shape index (κ3) is 2.93. The predicted molar refractivity (Wildman–Crippen MR) is 84.7 cm³/mol. The minimum absolute atomic E-state index is 0.629. The van der Waals surface area contributed by atoms with Crippen LogP contribution in [0.5, 0.6) is 0 Å². The third-order valence-corrected chi connectivity index (χ3v) is 4.09. The molecule has 6 nitrogen and oxygen atoms in total. The molecule has 0 atom stereocenters. The minimum Gasteiger partial charge on any atom is -0.372 e. The van der Waals surface area contributed by atoms with Crippen LogP contribution in [0, 0.1) is 0 Å². The van der Waals surface area contributed by atoms with Crippen molar-refractivity contribution >= 4 is 40.2 Å². The highest BCUT2D eigenvalue weighted by molar-refractivity contribution is 7.98. The summed E-state index contributed by atoms with van der Waals surface area (Å²) in [5.74, 6) is 2.15. The molecule has 108 valence electrons. The van der Waals surface area contributed by atoms with Gasteiger partial charge in [0.15, 0.2) is 5.65 Å². The summed E-state index contributed by atoms with van der Waals surface area (Å²) in [4.78, 5) is 13.3. The highest BCUT2D eigenvalue weighted by atomic mass is 35.5. The van der Waals surface area contributed by atoms with E-state index in [-0.39, 0.29) is 0 Å². The van der Waals surface area contributed by atoms with E-state index in [9.17, 15) is 0 Å². The number of halogens is 1. The molecule has 1 N–H and O–H groups in total. The molecule has 0 fully saturated rings. The quantitative estimate of drug-likeness (QED) is 0.745. The summed E-state index contributed by atoms with van der Waals surface area (Å²) in [6.07, 6.45) is 3.40. The topological polar surface area (TPSA) is 68.5 Å². The van der Waals surface area contributed by atoms with Crippen LogP contribution >= 0.6 is 23.4 Å². The predicted octanol–water partition coefficient (Wildman–Crippen LogP) is 2.75. The zero-order chi connectivity index (χ0) is 14.8. The smallest absolute Gasteiger partial charge is 0.163 e. The first-order chi connectivity index (χ1) is 10.2. The Bertz CT molecular complexity index is 770. The van der Waals surface area contributed by atoms with Crippen molar-refractivity contribution in [2.24, 2.45) is 7.05 Å². The van der Waals surface area contributed by atoms with Gasteiger partial charge in [0.05, 0.1) is 27.4 Å². The molecule has 21 heavy (non-hydrogen) atoms.